The number of thioether (sulfide) groups is 1. The van der Waals surface area contributed by atoms with Crippen molar-refractivity contribution in [3.63, 3.8) is 0 Å². The second kappa shape index (κ2) is 6.72. The van der Waals surface area contributed by atoms with Gasteiger partial charge in [0, 0.05) is 17.2 Å². The van der Waals surface area contributed by atoms with Crippen LogP contribution in [0.15, 0.2) is 59.8 Å². The summed E-state index contributed by atoms with van der Waals surface area (Å²) in [7, 11) is 0. The molecule has 0 saturated heterocycles. The summed E-state index contributed by atoms with van der Waals surface area (Å²) in [5.74, 6) is 1.92. The fraction of sp³-hybridized carbons (Fsp3) is 0.211. The van der Waals surface area contributed by atoms with E-state index < -0.39 is 5.91 Å². The molecule has 2 N–H and O–H groups in total. The molecule has 2 aromatic carbocycles. The first-order valence-electron chi connectivity index (χ1n) is 8.24. The molecule has 4 rings (SSSR count). The zero-order chi connectivity index (χ0) is 17.2. The number of amides is 1. The molecule has 1 aliphatic carbocycles. The highest BCUT2D eigenvalue weighted by Crippen LogP contribution is 2.40. The average Bonchev–Trinajstić information content (AvgIpc) is 3.40. The summed E-state index contributed by atoms with van der Waals surface area (Å²) in [4.78, 5) is 15.9. The van der Waals surface area contributed by atoms with E-state index in [1.165, 1.54) is 12.8 Å². The summed E-state index contributed by atoms with van der Waals surface area (Å²) in [5, 5.41) is 5.48. The largest absolute Gasteiger partial charge is 0.366 e. The normalized spacial score (nSPS) is 13.8. The van der Waals surface area contributed by atoms with Crippen LogP contribution >= 0.6 is 11.8 Å². The summed E-state index contributed by atoms with van der Waals surface area (Å²) in [6.45, 7) is 0. The minimum atomic E-state index is -0.406. The number of aromatic nitrogens is 3. The average molecular weight is 350 g/mol. The first-order chi connectivity index (χ1) is 12.2. The van der Waals surface area contributed by atoms with E-state index in [1.807, 2.05) is 35.0 Å². The Bertz CT molecular complexity index is 886. The summed E-state index contributed by atoms with van der Waals surface area (Å²) < 4.78 is 1.97. The number of benzene rings is 2. The van der Waals surface area contributed by atoms with E-state index in [2.05, 4.69) is 12.1 Å². The molecule has 3 aromatic rings. The Hall–Kier alpha value is -2.60. The number of hydrogen-bond donors (Lipinski definition) is 1. The molecule has 25 heavy (non-hydrogen) atoms. The second-order valence-corrected chi connectivity index (χ2v) is 7.07. The third-order valence-electron chi connectivity index (χ3n) is 4.16. The molecule has 5 nitrogen and oxygen atoms in total. The highest BCUT2D eigenvalue weighted by Gasteiger charge is 2.30. The molecule has 1 aromatic heterocycles. The monoisotopic (exact) mass is 350 g/mol. The van der Waals surface area contributed by atoms with Crippen molar-refractivity contribution < 1.29 is 4.79 Å². The maximum Gasteiger partial charge on any atom is 0.248 e. The summed E-state index contributed by atoms with van der Waals surface area (Å²) >= 11 is 1.60. The van der Waals surface area contributed by atoms with Crippen LogP contribution in [0.3, 0.4) is 0 Å². The fourth-order valence-electron chi connectivity index (χ4n) is 2.64. The van der Waals surface area contributed by atoms with Gasteiger partial charge in [-0.25, -0.2) is 9.67 Å². The van der Waals surface area contributed by atoms with Crippen molar-refractivity contribution >= 4 is 17.7 Å². The zero-order valence-electron chi connectivity index (χ0n) is 13.6. The standard InChI is InChI=1S/C19H18N4OS/c20-17(24)14-8-6-13(7-9-14)12-25-19-21-18(15-10-11-15)23(22-19)16-4-2-1-3-5-16/h1-9,15H,10-12H2,(H2,20,24). The Kier molecular flexibility index (Phi) is 4.28. The first-order valence-corrected chi connectivity index (χ1v) is 9.23. The minimum Gasteiger partial charge on any atom is -0.366 e. The van der Waals surface area contributed by atoms with Gasteiger partial charge in [0.2, 0.25) is 11.1 Å². The summed E-state index contributed by atoms with van der Waals surface area (Å²) in [6, 6.07) is 17.5. The van der Waals surface area contributed by atoms with Gasteiger partial charge >= 0.3 is 0 Å². The van der Waals surface area contributed by atoms with Crippen molar-refractivity contribution in [1.82, 2.24) is 14.8 Å². The van der Waals surface area contributed by atoms with Gasteiger partial charge in [0.05, 0.1) is 5.69 Å². The number of carbonyl (C=O) groups excluding carboxylic acids is 1. The molecule has 0 radical (unpaired) electrons. The SMILES string of the molecule is NC(=O)c1ccc(CSc2nc(C3CC3)n(-c3ccccc3)n2)cc1. The zero-order valence-corrected chi connectivity index (χ0v) is 14.4. The van der Waals surface area contributed by atoms with Crippen LogP contribution in [0.1, 0.15) is 40.5 Å². The number of primary amides is 1. The molecular weight excluding hydrogens is 332 g/mol. The maximum absolute atomic E-state index is 11.1. The number of para-hydroxylation sites is 1. The van der Waals surface area contributed by atoms with Crippen LogP contribution in [-0.2, 0) is 5.75 Å². The van der Waals surface area contributed by atoms with Gasteiger partial charge in [0.1, 0.15) is 5.82 Å². The van der Waals surface area contributed by atoms with Gasteiger partial charge in [-0.05, 0) is 42.7 Å². The summed E-state index contributed by atoms with van der Waals surface area (Å²) in [5.41, 5.74) is 7.96. The van der Waals surface area contributed by atoms with Crippen molar-refractivity contribution in [2.45, 2.75) is 29.7 Å². The number of nitrogens with two attached hydrogens (primary N) is 1. The first kappa shape index (κ1) is 15.9. The third-order valence-corrected chi connectivity index (χ3v) is 5.07. The van der Waals surface area contributed by atoms with E-state index in [4.69, 9.17) is 15.8 Å². The predicted molar refractivity (Wildman–Crippen MR) is 97.9 cm³/mol. The van der Waals surface area contributed by atoms with Gasteiger partial charge in [0.25, 0.3) is 0 Å². The Morgan fingerprint density at radius 3 is 2.48 bits per heavy atom. The van der Waals surface area contributed by atoms with Crippen molar-refractivity contribution in [3.8, 4) is 5.69 Å². The molecule has 6 heteroatoms. The van der Waals surface area contributed by atoms with E-state index in [0.717, 1.165) is 28.0 Å². The van der Waals surface area contributed by atoms with Gasteiger partial charge in [0.15, 0.2) is 0 Å². The van der Waals surface area contributed by atoms with Gasteiger partial charge in [-0.2, -0.15) is 0 Å². The van der Waals surface area contributed by atoms with Gasteiger partial charge < -0.3 is 5.73 Å². The number of rotatable bonds is 6. The molecule has 0 unspecified atom stereocenters. The number of carbonyl (C=O) groups is 1. The number of hydrogen-bond acceptors (Lipinski definition) is 4. The molecule has 0 bridgehead atoms. The lowest BCUT2D eigenvalue weighted by Crippen LogP contribution is -2.10. The molecule has 1 saturated carbocycles. The van der Waals surface area contributed by atoms with Gasteiger partial charge in [-0.15, -0.1) is 5.10 Å². The quantitative estimate of drug-likeness (QED) is 0.690. The molecule has 126 valence electrons. The van der Waals surface area contributed by atoms with Crippen LogP contribution in [-0.4, -0.2) is 20.7 Å². The van der Waals surface area contributed by atoms with E-state index >= 15 is 0 Å². The van der Waals surface area contributed by atoms with E-state index in [0.29, 0.717) is 11.5 Å². The van der Waals surface area contributed by atoms with Crippen LogP contribution in [0.2, 0.25) is 0 Å². The van der Waals surface area contributed by atoms with E-state index in [-0.39, 0.29) is 0 Å². The summed E-state index contributed by atoms with van der Waals surface area (Å²) in [6.07, 6.45) is 2.37. The van der Waals surface area contributed by atoms with Crippen LogP contribution < -0.4 is 5.73 Å². The van der Waals surface area contributed by atoms with Gasteiger partial charge in [-0.1, -0.05) is 42.1 Å². The van der Waals surface area contributed by atoms with Crippen molar-refractivity contribution in [2.24, 2.45) is 5.73 Å². The van der Waals surface area contributed by atoms with Crippen LogP contribution in [0.25, 0.3) is 5.69 Å². The lowest BCUT2D eigenvalue weighted by Gasteiger charge is -2.03. The maximum atomic E-state index is 11.1. The predicted octanol–water partition coefficient (Wildman–Crippen LogP) is 3.54. The van der Waals surface area contributed by atoms with Crippen molar-refractivity contribution in [2.75, 3.05) is 0 Å². The third kappa shape index (κ3) is 3.58. The van der Waals surface area contributed by atoms with E-state index in [1.54, 1.807) is 23.9 Å². The topological polar surface area (TPSA) is 73.8 Å². The molecule has 1 amide bonds. The lowest BCUT2D eigenvalue weighted by atomic mass is 10.1. The van der Waals surface area contributed by atoms with Crippen LogP contribution in [0.4, 0.5) is 0 Å². The minimum absolute atomic E-state index is 0.406. The highest BCUT2D eigenvalue weighted by atomic mass is 32.2. The fourth-order valence-corrected chi connectivity index (χ4v) is 3.43. The Morgan fingerprint density at radius 1 is 1.12 bits per heavy atom. The Labute approximate surface area is 150 Å². The molecule has 0 atom stereocenters. The Morgan fingerprint density at radius 2 is 1.84 bits per heavy atom. The highest BCUT2D eigenvalue weighted by molar-refractivity contribution is 7.98. The second-order valence-electron chi connectivity index (χ2n) is 6.12. The molecule has 1 heterocycles. The van der Waals surface area contributed by atoms with Crippen molar-refractivity contribution in [3.05, 3.63) is 71.5 Å². The molecular formula is C19H18N4OS. The molecule has 0 aliphatic heterocycles. The molecule has 0 spiro atoms. The van der Waals surface area contributed by atoms with Crippen LogP contribution in [0.5, 0.6) is 0 Å². The van der Waals surface area contributed by atoms with Crippen molar-refractivity contribution in [1.29, 1.82) is 0 Å². The van der Waals surface area contributed by atoms with E-state index in [9.17, 15) is 4.79 Å². The van der Waals surface area contributed by atoms with Crippen LogP contribution in [0, 0.1) is 0 Å². The Balaban J connectivity index is 1.52. The molecule has 1 aliphatic rings. The lowest BCUT2D eigenvalue weighted by molar-refractivity contribution is 0.100. The van der Waals surface area contributed by atoms with Gasteiger partial charge in [-0.3, -0.25) is 4.79 Å². The molecule has 1 fully saturated rings. The smallest absolute Gasteiger partial charge is 0.248 e. The number of nitrogens with zero attached hydrogens (tertiary/aromatic N) is 3.